The second-order valence-electron chi connectivity index (χ2n) is 7.27. The lowest BCUT2D eigenvalue weighted by Gasteiger charge is -2.18. The van der Waals surface area contributed by atoms with E-state index in [1.807, 2.05) is 42.7 Å². The molecule has 0 bridgehead atoms. The van der Waals surface area contributed by atoms with E-state index < -0.39 is 0 Å². The van der Waals surface area contributed by atoms with Crippen LogP contribution in [-0.4, -0.2) is 27.0 Å². The topological polar surface area (TPSA) is 62.7 Å². The average molecular weight is 407 g/mol. The van der Waals surface area contributed by atoms with Crippen LogP contribution in [0.25, 0.3) is 11.0 Å². The van der Waals surface area contributed by atoms with Crippen LogP contribution in [0.5, 0.6) is 0 Å². The highest BCUT2D eigenvalue weighted by molar-refractivity contribution is 7.08. The summed E-state index contributed by atoms with van der Waals surface area (Å²) in [6.07, 6.45) is 8.57. The Kier molecular flexibility index (Phi) is 6.42. The van der Waals surface area contributed by atoms with Crippen molar-refractivity contribution < 1.29 is 4.79 Å². The van der Waals surface area contributed by atoms with Crippen molar-refractivity contribution in [1.82, 2.24) is 19.9 Å². The first-order valence-electron chi connectivity index (χ1n) is 10.1. The van der Waals surface area contributed by atoms with Crippen LogP contribution in [-0.2, 0) is 11.2 Å². The average Bonchev–Trinajstić information content (AvgIpc) is 3.49. The Hall–Kier alpha value is -2.86. The van der Waals surface area contributed by atoms with Crippen molar-refractivity contribution in [3.05, 3.63) is 77.0 Å². The molecular weight excluding hydrogens is 380 g/mol. The number of hydrogen-bond acceptors (Lipinski definition) is 3. The highest BCUT2D eigenvalue weighted by atomic mass is 32.1. The summed E-state index contributed by atoms with van der Waals surface area (Å²) in [6.45, 7) is 0.723. The molecule has 29 heavy (non-hydrogen) atoms. The van der Waals surface area contributed by atoms with E-state index in [9.17, 15) is 4.79 Å². The van der Waals surface area contributed by atoms with E-state index in [1.54, 1.807) is 11.3 Å². The SMILES string of the molecule is O=C(C[C@@H](c1ccsc1)n1cccc1)NCCCCCc1nc2ccccc2[nH]1. The van der Waals surface area contributed by atoms with Crippen LogP contribution in [0.4, 0.5) is 0 Å². The van der Waals surface area contributed by atoms with E-state index in [-0.39, 0.29) is 11.9 Å². The van der Waals surface area contributed by atoms with Gasteiger partial charge in [0.1, 0.15) is 5.82 Å². The van der Waals surface area contributed by atoms with E-state index in [0.717, 1.165) is 49.1 Å². The smallest absolute Gasteiger partial charge is 0.222 e. The number of fused-ring (bicyclic) bond motifs is 1. The summed E-state index contributed by atoms with van der Waals surface area (Å²) in [5.41, 5.74) is 3.31. The number of aromatic nitrogens is 3. The molecule has 0 unspecified atom stereocenters. The van der Waals surface area contributed by atoms with Gasteiger partial charge in [0.15, 0.2) is 0 Å². The number of nitrogens with one attached hydrogen (secondary N) is 2. The maximum Gasteiger partial charge on any atom is 0.222 e. The third-order valence-corrected chi connectivity index (χ3v) is 5.85. The van der Waals surface area contributed by atoms with E-state index in [4.69, 9.17) is 0 Å². The van der Waals surface area contributed by atoms with Crippen LogP contribution in [0, 0.1) is 0 Å². The molecule has 2 N–H and O–H groups in total. The largest absolute Gasteiger partial charge is 0.356 e. The molecule has 0 saturated heterocycles. The van der Waals surface area contributed by atoms with Gasteiger partial charge in [0, 0.05) is 25.4 Å². The number of carbonyl (C=O) groups is 1. The first-order chi connectivity index (χ1) is 14.3. The molecule has 0 fully saturated rings. The predicted molar refractivity (Wildman–Crippen MR) is 118 cm³/mol. The molecule has 0 spiro atoms. The van der Waals surface area contributed by atoms with Crippen molar-refractivity contribution in [2.24, 2.45) is 0 Å². The Morgan fingerprint density at radius 3 is 2.76 bits per heavy atom. The molecule has 0 aliphatic heterocycles. The molecule has 3 heterocycles. The van der Waals surface area contributed by atoms with Crippen LogP contribution < -0.4 is 5.32 Å². The van der Waals surface area contributed by atoms with Gasteiger partial charge in [-0.05, 0) is 59.5 Å². The monoisotopic (exact) mass is 406 g/mol. The first kappa shape index (κ1) is 19.5. The molecule has 3 aromatic heterocycles. The minimum absolute atomic E-state index is 0.0596. The van der Waals surface area contributed by atoms with Gasteiger partial charge in [-0.2, -0.15) is 11.3 Å². The van der Waals surface area contributed by atoms with Gasteiger partial charge in [-0.3, -0.25) is 4.79 Å². The number of para-hydroxylation sites is 2. The Morgan fingerprint density at radius 1 is 1.10 bits per heavy atom. The Balaban J connectivity index is 1.18. The molecular formula is C23H26N4OS. The lowest BCUT2D eigenvalue weighted by molar-refractivity contribution is -0.121. The summed E-state index contributed by atoms with van der Waals surface area (Å²) in [5, 5.41) is 7.27. The number of hydrogen-bond donors (Lipinski definition) is 2. The second-order valence-corrected chi connectivity index (χ2v) is 8.05. The summed E-state index contributed by atoms with van der Waals surface area (Å²) >= 11 is 1.67. The van der Waals surface area contributed by atoms with Gasteiger partial charge in [-0.1, -0.05) is 18.6 Å². The number of nitrogens with zero attached hydrogens (tertiary/aromatic N) is 2. The first-order valence-corrected chi connectivity index (χ1v) is 11.1. The van der Waals surface area contributed by atoms with Gasteiger partial charge in [-0.25, -0.2) is 4.98 Å². The van der Waals surface area contributed by atoms with Gasteiger partial charge in [-0.15, -0.1) is 0 Å². The third-order valence-electron chi connectivity index (χ3n) is 5.15. The van der Waals surface area contributed by atoms with Gasteiger partial charge in [0.05, 0.1) is 23.5 Å². The number of carbonyl (C=O) groups excluding carboxylic acids is 1. The number of imidazole rings is 1. The molecule has 0 radical (unpaired) electrons. The molecule has 1 amide bonds. The molecule has 150 valence electrons. The van der Waals surface area contributed by atoms with Crippen LogP contribution >= 0.6 is 11.3 Å². The molecule has 5 nitrogen and oxygen atoms in total. The Bertz CT molecular complexity index is 953. The molecule has 4 rings (SSSR count). The van der Waals surface area contributed by atoms with Crippen molar-refractivity contribution >= 4 is 28.3 Å². The van der Waals surface area contributed by atoms with Crippen molar-refractivity contribution in [1.29, 1.82) is 0 Å². The maximum atomic E-state index is 12.5. The maximum absolute atomic E-state index is 12.5. The minimum atomic E-state index is 0.0596. The third kappa shape index (κ3) is 5.15. The fourth-order valence-corrected chi connectivity index (χ4v) is 4.32. The van der Waals surface area contributed by atoms with Crippen molar-refractivity contribution in [2.45, 2.75) is 38.1 Å². The number of H-pyrrole nitrogens is 1. The fourth-order valence-electron chi connectivity index (χ4n) is 3.61. The van der Waals surface area contributed by atoms with Crippen LogP contribution in [0.1, 0.15) is 43.1 Å². The number of aryl methyl sites for hydroxylation is 1. The van der Waals surface area contributed by atoms with Gasteiger partial charge < -0.3 is 14.9 Å². The van der Waals surface area contributed by atoms with E-state index >= 15 is 0 Å². The Labute approximate surface area is 174 Å². The predicted octanol–water partition coefficient (Wildman–Crippen LogP) is 4.93. The van der Waals surface area contributed by atoms with Crippen molar-refractivity contribution in [3.8, 4) is 0 Å². The summed E-state index contributed by atoms with van der Waals surface area (Å²) < 4.78 is 2.11. The zero-order valence-electron chi connectivity index (χ0n) is 16.4. The number of amides is 1. The summed E-state index contributed by atoms with van der Waals surface area (Å²) in [5.74, 6) is 1.15. The lowest BCUT2D eigenvalue weighted by Crippen LogP contribution is -2.27. The molecule has 4 aromatic rings. The highest BCUT2D eigenvalue weighted by Gasteiger charge is 2.17. The van der Waals surface area contributed by atoms with Crippen molar-refractivity contribution in [2.75, 3.05) is 6.54 Å². The van der Waals surface area contributed by atoms with Gasteiger partial charge >= 0.3 is 0 Å². The van der Waals surface area contributed by atoms with Crippen LogP contribution in [0.15, 0.2) is 65.6 Å². The number of aromatic amines is 1. The summed E-state index contributed by atoms with van der Waals surface area (Å²) in [4.78, 5) is 20.4. The number of unbranched alkanes of at least 4 members (excludes halogenated alkanes) is 2. The lowest BCUT2D eigenvalue weighted by atomic mass is 10.1. The van der Waals surface area contributed by atoms with Crippen LogP contribution in [0.3, 0.4) is 0 Å². The summed E-state index contributed by atoms with van der Waals surface area (Å²) in [6, 6.07) is 14.3. The van der Waals surface area contributed by atoms with Crippen molar-refractivity contribution in [3.63, 3.8) is 0 Å². The fraction of sp³-hybridized carbons (Fsp3) is 0.304. The van der Waals surface area contributed by atoms with E-state index in [1.165, 1.54) is 5.56 Å². The summed E-state index contributed by atoms with van der Waals surface area (Å²) in [7, 11) is 0. The van der Waals surface area contributed by atoms with Gasteiger partial charge in [0.25, 0.3) is 0 Å². The second kappa shape index (κ2) is 9.56. The molecule has 1 atom stereocenters. The molecule has 6 heteroatoms. The zero-order chi connectivity index (χ0) is 19.9. The minimum Gasteiger partial charge on any atom is -0.356 e. The molecule has 1 aromatic carbocycles. The highest BCUT2D eigenvalue weighted by Crippen LogP contribution is 2.24. The number of benzene rings is 1. The molecule has 0 aliphatic rings. The normalized spacial score (nSPS) is 12.3. The van der Waals surface area contributed by atoms with E-state index in [0.29, 0.717) is 6.42 Å². The molecule has 0 aliphatic carbocycles. The van der Waals surface area contributed by atoms with Crippen LogP contribution in [0.2, 0.25) is 0 Å². The van der Waals surface area contributed by atoms with Gasteiger partial charge in [0.2, 0.25) is 5.91 Å². The zero-order valence-corrected chi connectivity index (χ0v) is 17.2. The standard InChI is InChI=1S/C23H26N4OS/c28-23(16-21(18-11-15-29-17-18)27-13-6-7-14-27)24-12-5-1-2-10-22-25-19-8-3-4-9-20(19)26-22/h3-4,6-9,11,13-15,17,21H,1-2,5,10,12,16H2,(H,24,28)(H,25,26)/t21-/m0/s1. The number of rotatable bonds is 10. The quantitative estimate of drug-likeness (QED) is 0.367. The van der Waals surface area contributed by atoms with E-state index in [2.05, 4.69) is 42.7 Å². The Morgan fingerprint density at radius 2 is 1.97 bits per heavy atom. The number of thiophene rings is 1. The molecule has 0 saturated carbocycles.